The normalized spacial score (nSPS) is 10.1. The quantitative estimate of drug-likeness (QED) is 0.772. The van der Waals surface area contributed by atoms with Gasteiger partial charge in [-0.3, -0.25) is 4.98 Å². The van der Waals surface area contributed by atoms with Crippen LogP contribution in [0.15, 0.2) is 6.07 Å². The number of halogens is 2. The highest BCUT2D eigenvalue weighted by molar-refractivity contribution is 5.40. The summed E-state index contributed by atoms with van der Waals surface area (Å²) >= 11 is 0. The standard InChI is InChI=1S/C10H10F2N2O/c1-6-5-7(10(11)12)9(15-2)8(14-6)3-4-13/h5,10H,3H2,1-2H3. The van der Waals surface area contributed by atoms with Crippen molar-refractivity contribution < 1.29 is 13.5 Å². The third-order valence-corrected chi connectivity index (χ3v) is 1.89. The summed E-state index contributed by atoms with van der Waals surface area (Å²) in [4.78, 5) is 4.00. The molecule has 0 aliphatic rings. The number of pyridine rings is 1. The number of aryl methyl sites for hydroxylation is 1. The molecule has 1 aromatic rings. The lowest BCUT2D eigenvalue weighted by Crippen LogP contribution is -2.02. The third kappa shape index (κ3) is 2.40. The lowest BCUT2D eigenvalue weighted by atomic mass is 10.1. The monoisotopic (exact) mass is 212 g/mol. The van der Waals surface area contributed by atoms with Crippen molar-refractivity contribution >= 4 is 0 Å². The summed E-state index contributed by atoms with van der Waals surface area (Å²) in [5.74, 6) is 0.0113. The van der Waals surface area contributed by atoms with Gasteiger partial charge in [-0.2, -0.15) is 5.26 Å². The van der Waals surface area contributed by atoms with Gasteiger partial charge in [0.2, 0.25) is 0 Å². The van der Waals surface area contributed by atoms with E-state index in [4.69, 9.17) is 10.00 Å². The molecule has 0 spiro atoms. The van der Waals surface area contributed by atoms with Crippen LogP contribution < -0.4 is 4.74 Å². The van der Waals surface area contributed by atoms with E-state index in [0.29, 0.717) is 5.69 Å². The Morgan fingerprint density at radius 3 is 2.73 bits per heavy atom. The van der Waals surface area contributed by atoms with Crippen molar-refractivity contribution in [2.45, 2.75) is 19.8 Å². The van der Waals surface area contributed by atoms with Crippen LogP contribution in [0, 0.1) is 18.3 Å². The Kier molecular flexibility index (Phi) is 3.56. The van der Waals surface area contributed by atoms with Crippen LogP contribution in [0.1, 0.15) is 23.4 Å². The van der Waals surface area contributed by atoms with E-state index in [1.54, 1.807) is 6.92 Å². The van der Waals surface area contributed by atoms with Gasteiger partial charge in [-0.15, -0.1) is 0 Å². The summed E-state index contributed by atoms with van der Waals surface area (Å²) in [6, 6.07) is 3.13. The van der Waals surface area contributed by atoms with Crippen molar-refractivity contribution in [3.63, 3.8) is 0 Å². The number of rotatable bonds is 3. The van der Waals surface area contributed by atoms with Gasteiger partial charge in [0, 0.05) is 5.69 Å². The molecule has 0 atom stereocenters. The highest BCUT2D eigenvalue weighted by Crippen LogP contribution is 2.31. The molecule has 0 N–H and O–H groups in total. The van der Waals surface area contributed by atoms with Gasteiger partial charge in [0.15, 0.2) is 0 Å². The molecule has 1 heterocycles. The molecule has 0 aliphatic carbocycles. The summed E-state index contributed by atoms with van der Waals surface area (Å²) in [6.07, 6.45) is -2.66. The Morgan fingerprint density at radius 1 is 1.60 bits per heavy atom. The molecule has 1 aromatic heterocycles. The van der Waals surface area contributed by atoms with Gasteiger partial charge in [0.1, 0.15) is 5.75 Å². The van der Waals surface area contributed by atoms with Gasteiger partial charge in [0.05, 0.1) is 30.9 Å². The summed E-state index contributed by atoms with van der Waals surface area (Å²) < 4.78 is 30.1. The van der Waals surface area contributed by atoms with E-state index in [9.17, 15) is 8.78 Å². The molecule has 0 fully saturated rings. The fourth-order valence-electron chi connectivity index (χ4n) is 1.35. The van der Waals surface area contributed by atoms with Crippen LogP contribution in [0.25, 0.3) is 0 Å². The minimum absolute atomic E-state index is 0.0113. The van der Waals surface area contributed by atoms with Crippen LogP contribution in [0.4, 0.5) is 8.78 Å². The van der Waals surface area contributed by atoms with E-state index < -0.39 is 6.43 Å². The molecule has 0 aliphatic heterocycles. The summed E-state index contributed by atoms with van der Waals surface area (Å²) in [6.45, 7) is 1.60. The average molecular weight is 212 g/mol. The molecule has 0 unspecified atom stereocenters. The second-order valence-electron chi connectivity index (χ2n) is 2.97. The van der Waals surface area contributed by atoms with E-state index in [1.165, 1.54) is 13.2 Å². The molecule has 1 rings (SSSR count). The van der Waals surface area contributed by atoms with Crippen LogP contribution in [0.5, 0.6) is 5.75 Å². The van der Waals surface area contributed by atoms with Crippen molar-refractivity contribution in [3.05, 3.63) is 23.0 Å². The molecule has 0 amide bonds. The minimum atomic E-state index is -2.63. The first-order chi connectivity index (χ1) is 7.10. The number of methoxy groups -OCH3 is 1. The van der Waals surface area contributed by atoms with E-state index in [-0.39, 0.29) is 23.4 Å². The SMILES string of the molecule is COc1c(C(F)F)cc(C)nc1CC#N. The van der Waals surface area contributed by atoms with Gasteiger partial charge < -0.3 is 4.74 Å². The Balaban J connectivity index is 3.33. The molecule has 0 radical (unpaired) electrons. The van der Waals surface area contributed by atoms with Crippen LogP contribution in [0.2, 0.25) is 0 Å². The van der Waals surface area contributed by atoms with Gasteiger partial charge in [-0.1, -0.05) is 0 Å². The van der Waals surface area contributed by atoms with Gasteiger partial charge in [-0.05, 0) is 13.0 Å². The van der Waals surface area contributed by atoms with Gasteiger partial charge in [0.25, 0.3) is 6.43 Å². The predicted molar refractivity (Wildman–Crippen MR) is 49.8 cm³/mol. The maximum atomic E-state index is 12.6. The van der Waals surface area contributed by atoms with Crippen molar-refractivity contribution in [2.24, 2.45) is 0 Å². The minimum Gasteiger partial charge on any atom is -0.494 e. The fourth-order valence-corrected chi connectivity index (χ4v) is 1.35. The lowest BCUT2D eigenvalue weighted by Gasteiger charge is -2.11. The van der Waals surface area contributed by atoms with Crippen molar-refractivity contribution in [1.82, 2.24) is 4.98 Å². The molecule has 5 heteroatoms. The zero-order valence-corrected chi connectivity index (χ0v) is 8.42. The van der Waals surface area contributed by atoms with E-state index in [0.717, 1.165) is 0 Å². The first-order valence-electron chi connectivity index (χ1n) is 4.29. The smallest absolute Gasteiger partial charge is 0.267 e. The predicted octanol–water partition coefficient (Wildman–Crippen LogP) is 2.40. The Bertz CT molecular complexity index is 399. The maximum Gasteiger partial charge on any atom is 0.267 e. The Labute approximate surface area is 86.3 Å². The highest BCUT2D eigenvalue weighted by Gasteiger charge is 2.18. The Hall–Kier alpha value is -1.70. The number of nitrogens with zero attached hydrogens (tertiary/aromatic N) is 2. The Morgan fingerprint density at radius 2 is 2.27 bits per heavy atom. The lowest BCUT2D eigenvalue weighted by molar-refractivity contribution is 0.146. The van der Waals surface area contributed by atoms with E-state index >= 15 is 0 Å². The second kappa shape index (κ2) is 4.69. The number of nitriles is 1. The van der Waals surface area contributed by atoms with E-state index in [2.05, 4.69) is 4.98 Å². The fraction of sp³-hybridized carbons (Fsp3) is 0.400. The molecular formula is C10H10F2N2O. The molecule has 0 saturated heterocycles. The first-order valence-corrected chi connectivity index (χ1v) is 4.29. The zero-order valence-electron chi connectivity index (χ0n) is 8.42. The molecule has 15 heavy (non-hydrogen) atoms. The number of hydrogen-bond acceptors (Lipinski definition) is 3. The molecule has 3 nitrogen and oxygen atoms in total. The molecule has 0 bridgehead atoms. The zero-order chi connectivity index (χ0) is 11.4. The number of alkyl halides is 2. The van der Waals surface area contributed by atoms with Crippen LogP contribution in [-0.4, -0.2) is 12.1 Å². The second-order valence-corrected chi connectivity index (χ2v) is 2.97. The molecule has 0 saturated carbocycles. The van der Waals surface area contributed by atoms with Crippen molar-refractivity contribution in [2.75, 3.05) is 7.11 Å². The van der Waals surface area contributed by atoms with Crippen molar-refractivity contribution in [3.8, 4) is 11.8 Å². The third-order valence-electron chi connectivity index (χ3n) is 1.89. The number of aromatic nitrogens is 1. The summed E-state index contributed by atoms with van der Waals surface area (Å²) in [5, 5.41) is 8.53. The summed E-state index contributed by atoms with van der Waals surface area (Å²) in [5.41, 5.74) is 0.502. The van der Waals surface area contributed by atoms with Crippen LogP contribution in [0.3, 0.4) is 0 Å². The van der Waals surface area contributed by atoms with Gasteiger partial charge in [-0.25, -0.2) is 8.78 Å². The number of hydrogen-bond donors (Lipinski definition) is 0. The van der Waals surface area contributed by atoms with Crippen LogP contribution >= 0.6 is 0 Å². The largest absolute Gasteiger partial charge is 0.494 e. The maximum absolute atomic E-state index is 12.6. The molecular weight excluding hydrogens is 202 g/mol. The average Bonchev–Trinajstić information content (AvgIpc) is 2.17. The first kappa shape index (κ1) is 11.4. The van der Waals surface area contributed by atoms with E-state index in [1.807, 2.05) is 6.07 Å². The molecule has 80 valence electrons. The number of ether oxygens (including phenoxy) is 1. The topological polar surface area (TPSA) is 45.9 Å². The van der Waals surface area contributed by atoms with Crippen molar-refractivity contribution in [1.29, 1.82) is 5.26 Å². The van der Waals surface area contributed by atoms with Gasteiger partial charge >= 0.3 is 0 Å². The molecule has 0 aromatic carbocycles. The summed E-state index contributed by atoms with van der Waals surface area (Å²) in [7, 11) is 1.29. The van der Waals surface area contributed by atoms with Crippen LogP contribution in [-0.2, 0) is 6.42 Å². The highest BCUT2D eigenvalue weighted by atomic mass is 19.3.